The summed E-state index contributed by atoms with van der Waals surface area (Å²) in [5.41, 5.74) is 5.07. The molecule has 0 aromatic rings. The Balaban J connectivity index is 2.15. The molecule has 3 N–H and O–H groups in total. The average molecular weight is 201 g/mol. The first-order chi connectivity index (χ1) is 6.17. The molecule has 0 amide bonds. The fourth-order valence-electron chi connectivity index (χ4n) is 2.58. The van der Waals surface area contributed by atoms with E-state index in [4.69, 9.17) is 10.8 Å². The summed E-state index contributed by atoms with van der Waals surface area (Å²) in [5.74, 6) is 1.50. The van der Waals surface area contributed by atoms with Crippen molar-refractivity contribution in [2.45, 2.75) is 19.3 Å². The van der Waals surface area contributed by atoms with Crippen LogP contribution in [0.3, 0.4) is 0 Å². The normalized spacial score (nSPS) is 43.5. The molecule has 13 heavy (non-hydrogen) atoms. The SMILES string of the molecule is NCC1(C(=O)O)CC12CCCSC2. The summed E-state index contributed by atoms with van der Waals surface area (Å²) in [4.78, 5) is 11.1. The molecular formula is C9H15NO2S. The molecule has 1 heterocycles. The summed E-state index contributed by atoms with van der Waals surface area (Å²) in [6.45, 7) is 0.308. The Hall–Kier alpha value is -0.220. The van der Waals surface area contributed by atoms with Crippen molar-refractivity contribution < 1.29 is 9.90 Å². The number of hydrogen-bond donors (Lipinski definition) is 2. The van der Waals surface area contributed by atoms with Crippen LogP contribution in [0.1, 0.15) is 19.3 Å². The van der Waals surface area contributed by atoms with Crippen LogP contribution in [0, 0.1) is 10.8 Å². The first kappa shape index (κ1) is 9.34. The number of rotatable bonds is 2. The summed E-state index contributed by atoms with van der Waals surface area (Å²) >= 11 is 1.88. The highest BCUT2D eigenvalue weighted by Crippen LogP contribution is 2.68. The summed E-state index contributed by atoms with van der Waals surface area (Å²) < 4.78 is 0. The van der Waals surface area contributed by atoms with Gasteiger partial charge in [-0.2, -0.15) is 11.8 Å². The van der Waals surface area contributed by atoms with Crippen LogP contribution in [0.25, 0.3) is 0 Å². The molecule has 2 atom stereocenters. The van der Waals surface area contributed by atoms with Gasteiger partial charge >= 0.3 is 5.97 Å². The lowest BCUT2D eigenvalue weighted by Crippen LogP contribution is -2.33. The zero-order valence-corrected chi connectivity index (χ0v) is 8.40. The molecule has 3 nitrogen and oxygen atoms in total. The lowest BCUT2D eigenvalue weighted by atomic mass is 9.90. The molecule has 1 saturated heterocycles. The highest BCUT2D eigenvalue weighted by atomic mass is 32.2. The molecule has 2 rings (SSSR count). The fraction of sp³-hybridized carbons (Fsp3) is 0.889. The van der Waals surface area contributed by atoms with Crippen LogP contribution in [0.5, 0.6) is 0 Å². The van der Waals surface area contributed by atoms with Crippen molar-refractivity contribution in [1.82, 2.24) is 0 Å². The van der Waals surface area contributed by atoms with E-state index in [9.17, 15) is 4.79 Å². The van der Waals surface area contributed by atoms with Crippen molar-refractivity contribution in [3.8, 4) is 0 Å². The number of thioether (sulfide) groups is 1. The van der Waals surface area contributed by atoms with E-state index in [-0.39, 0.29) is 5.41 Å². The molecule has 2 unspecified atom stereocenters. The first-order valence-corrected chi connectivity index (χ1v) is 5.84. The Morgan fingerprint density at radius 3 is 2.77 bits per heavy atom. The third-order valence-corrected chi connectivity index (χ3v) is 4.94. The van der Waals surface area contributed by atoms with Crippen molar-refractivity contribution >= 4 is 17.7 Å². The minimum atomic E-state index is -0.683. The Morgan fingerprint density at radius 2 is 2.38 bits per heavy atom. The van der Waals surface area contributed by atoms with Crippen LogP contribution in [0.2, 0.25) is 0 Å². The molecule has 0 radical (unpaired) electrons. The van der Waals surface area contributed by atoms with E-state index in [1.165, 1.54) is 5.75 Å². The monoisotopic (exact) mass is 201 g/mol. The zero-order valence-electron chi connectivity index (χ0n) is 7.58. The van der Waals surface area contributed by atoms with E-state index in [0.29, 0.717) is 6.54 Å². The standard InChI is InChI=1S/C9H15NO2S/c10-5-9(7(11)12)4-8(9)2-1-3-13-6-8/h1-6,10H2,(H,11,12). The Kier molecular flexibility index (Phi) is 2.07. The van der Waals surface area contributed by atoms with Crippen molar-refractivity contribution in [3.05, 3.63) is 0 Å². The summed E-state index contributed by atoms with van der Waals surface area (Å²) in [6, 6.07) is 0. The minimum Gasteiger partial charge on any atom is -0.481 e. The van der Waals surface area contributed by atoms with Crippen LogP contribution in [-0.4, -0.2) is 29.1 Å². The van der Waals surface area contributed by atoms with Gasteiger partial charge in [-0.3, -0.25) is 4.79 Å². The van der Waals surface area contributed by atoms with E-state index < -0.39 is 11.4 Å². The van der Waals surface area contributed by atoms with Gasteiger partial charge in [0.25, 0.3) is 0 Å². The number of aliphatic carboxylic acids is 1. The molecule has 0 aromatic heterocycles. The van der Waals surface area contributed by atoms with E-state index in [0.717, 1.165) is 25.0 Å². The largest absolute Gasteiger partial charge is 0.481 e. The van der Waals surface area contributed by atoms with Gasteiger partial charge in [-0.25, -0.2) is 0 Å². The number of carboxylic acids is 1. The molecule has 74 valence electrons. The third kappa shape index (κ3) is 1.12. The topological polar surface area (TPSA) is 63.3 Å². The van der Waals surface area contributed by atoms with Crippen molar-refractivity contribution in [1.29, 1.82) is 0 Å². The highest BCUT2D eigenvalue weighted by molar-refractivity contribution is 7.99. The van der Waals surface area contributed by atoms with Gasteiger partial charge in [-0.05, 0) is 30.4 Å². The molecule has 0 bridgehead atoms. The van der Waals surface area contributed by atoms with Crippen LogP contribution in [0.15, 0.2) is 0 Å². The quantitative estimate of drug-likeness (QED) is 0.697. The molecule has 4 heteroatoms. The second-order valence-corrected chi connectivity index (χ2v) is 5.31. The molecule has 2 fully saturated rings. The molecule has 2 aliphatic rings. The van der Waals surface area contributed by atoms with E-state index >= 15 is 0 Å². The molecule has 0 aromatic carbocycles. The lowest BCUT2D eigenvalue weighted by Gasteiger charge is -2.25. The predicted molar refractivity (Wildman–Crippen MR) is 52.7 cm³/mol. The van der Waals surface area contributed by atoms with E-state index in [2.05, 4.69) is 0 Å². The van der Waals surface area contributed by atoms with Gasteiger partial charge in [0, 0.05) is 12.3 Å². The molecule has 1 saturated carbocycles. The van der Waals surface area contributed by atoms with Gasteiger partial charge in [-0.1, -0.05) is 0 Å². The summed E-state index contributed by atoms with van der Waals surface area (Å²) in [5, 5.41) is 9.13. The maximum absolute atomic E-state index is 11.1. The number of carbonyl (C=O) groups is 1. The molecule has 1 aliphatic carbocycles. The summed E-state index contributed by atoms with van der Waals surface area (Å²) in [7, 11) is 0. The third-order valence-electron chi connectivity index (χ3n) is 3.61. The second-order valence-electron chi connectivity index (χ2n) is 4.20. The number of carboxylic acid groups (broad SMARTS) is 1. The molecular weight excluding hydrogens is 186 g/mol. The Bertz CT molecular complexity index is 238. The highest BCUT2D eigenvalue weighted by Gasteiger charge is 2.70. The smallest absolute Gasteiger partial charge is 0.311 e. The fourth-order valence-corrected chi connectivity index (χ4v) is 3.99. The maximum atomic E-state index is 11.1. The van der Waals surface area contributed by atoms with Crippen LogP contribution in [-0.2, 0) is 4.79 Å². The van der Waals surface area contributed by atoms with Crippen LogP contribution >= 0.6 is 11.8 Å². The van der Waals surface area contributed by atoms with Gasteiger partial charge < -0.3 is 10.8 Å². The van der Waals surface area contributed by atoms with Gasteiger partial charge in [-0.15, -0.1) is 0 Å². The van der Waals surface area contributed by atoms with E-state index in [1.54, 1.807) is 0 Å². The van der Waals surface area contributed by atoms with Gasteiger partial charge in [0.15, 0.2) is 0 Å². The van der Waals surface area contributed by atoms with Crippen molar-refractivity contribution in [3.63, 3.8) is 0 Å². The van der Waals surface area contributed by atoms with Gasteiger partial charge in [0.05, 0.1) is 5.41 Å². The van der Waals surface area contributed by atoms with Crippen LogP contribution < -0.4 is 5.73 Å². The second kappa shape index (κ2) is 2.89. The zero-order chi connectivity index (χ0) is 9.53. The number of hydrogen-bond acceptors (Lipinski definition) is 3. The minimum absolute atomic E-state index is 0.0521. The lowest BCUT2D eigenvalue weighted by molar-refractivity contribution is -0.144. The molecule has 1 spiro atoms. The summed E-state index contributed by atoms with van der Waals surface area (Å²) in [6.07, 6.45) is 3.02. The Morgan fingerprint density at radius 1 is 1.62 bits per heavy atom. The first-order valence-electron chi connectivity index (χ1n) is 4.68. The van der Waals surface area contributed by atoms with Gasteiger partial charge in [0.1, 0.15) is 0 Å². The predicted octanol–water partition coefficient (Wildman–Crippen LogP) is 0.933. The maximum Gasteiger partial charge on any atom is 0.311 e. The average Bonchev–Trinajstić information content (AvgIpc) is 2.76. The van der Waals surface area contributed by atoms with E-state index in [1.807, 2.05) is 11.8 Å². The van der Waals surface area contributed by atoms with Crippen molar-refractivity contribution in [2.24, 2.45) is 16.6 Å². The van der Waals surface area contributed by atoms with Gasteiger partial charge in [0.2, 0.25) is 0 Å². The number of nitrogens with two attached hydrogens (primary N) is 1. The van der Waals surface area contributed by atoms with Crippen molar-refractivity contribution in [2.75, 3.05) is 18.1 Å². The van der Waals surface area contributed by atoms with Crippen LogP contribution in [0.4, 0.5) is 0 Å². The molecule has 1 aliphatic heterocycles. The Labute approximate surface area is 82.1 Å².